The Balaban J connectivity index is 0.000000296. The van der Waals surface area contributed by atoms with Crippen molar-refractivity contribution in [2.24, 2.45) is 11.1 Å². The fourth-order valence-electron chi connectivity index (χ4n) is 6.67. The van der Waals surface area contributed by atoms with E-state index in [0.29, 0.717) is 30.0 Å². The van der Waals surface area contributed by atoms with Crippen LogP contribution in [0.5, 0.6) is 0 Å². The van der Waals surface area contributed by atoms with Crippen molar-refractivity contribution in [2.45, 2.75) is 83.2 Å². The van der Waals surface area contributed by atoms with Gasteiger partial charge < -0.3 is 16.4 Å². The maximum atomic E-state index is 14.2. The van der Waals surface area contributed by atoms with Crippen molar-refractivity contribution < 1.29 is 27.6 Å². The molecule has 1 saturated carbocycles. The molecule has 236 valence electrons. The molecule has 2 aliphatic heterocycles. The van der Waals surface area contributed by atoms with Gasteiger partial charge in [0.1, 0.15) is 5.82 Å². The lowest BCUT2D eigenvalue weighted by atomic mass is 9.80. The number of hydrogen-bond acceptors (Lipinski definition) is 5. The summed E-state index contributed by atoms with van der Waals surface area (Å²) < 4.78 is 40.8. The van der Waals surface area contributed by atoms with Crippen molar-refractivity contribution >= 4 is 34.3 Å². The van der Waals surface area contributed by atoms with Gasteiger partial charge in [-0.25, -0.2) is 13.2 Å². The molecule has 44 heavy (non-hydrogen) atoms. The Kier molecular flexibility index (Phi) is 8.80. The molecule has 11 heteroatoms. The zero-order chi connectivity index (χ0) is 31.8. The molecule has 3 heterocycles. The number of carbonyl (C=O) groups is 3. The normalized spacial score (nSPS) is 20.9. The lowest BCUT2D eigenvalue weighted by molar-refractivity contribution is -0.122. The van der Waals surface area contributed by atoms with Crippen LogP contribution in [0.1, 0.15) is 79.6 Å². The van der Waals surface area contributed by atoms with E-state index in [0.717, 1.165) is 40.7 Å². The first-order chi connectivity index (χ1) is 20.8. The van der Waals surface area contributed by atoms with Gasteiger partial charge in [-0.3, -0.25) is 24.3 Å². The Hall–Kier alpha value is -3.86. The summed E-state index contributed by atoms with van der Waals surface area (Å²) in [5.74, 6) is -3.95. The van der Waals surface area contributed by atoms with Crippen LogP contribution in [0.4, 0.5) is 18.9 Å². The Bertz CT molecular complexity index is 1590. The molecule has 3 aliphatic rings. The van der Waals surface area contributed by atoms with E-state index in [1.807, 2.05) is 12.1 Å². The highest BCUT2D eigenvalue weighted by Gasteiger charge is 2.42. The third kappa shape index (κ3) is 6.62. The van der Waals surface area contributed by atoms with Crippen LogP contribution in [0.3, 0.4) is 0 Å². The minimum Gasteiger partial charge on any atom is -0.382 e. The number of benzene rings is 2. The molecule has 1 aliphatic carbocycles. The molecule has 2 aromatic carbocycles. The SMILES string of the molecule is CC1(C)CC(=O)n2c(c(-c3ccc(C(N)=O)c(NC4CCCCC4)c3)c3ccc(F)cc32)C1.CNC(=O)[C@@H]1CC(F)(F)CN1. The predicted octanol–water partition coefficient (Wildman–Crippen LogP) is 5.63. The van der Waals surface area contributed by atoms with E-state index in [-0.39, 0.29) is 23.0 Å². The molecule has 2 fully saturated rings. The maximum Gasteiger partial charge on any atom is 0.262 e. The topological polar surface area (TPSA) is 118 Å². The van der Waals surface area contributed by atoms with Gasteiger partial charge in [-0.15, -0.1) is 0 Å². The second-order valence-corrected chi connectivity index (χ2v) is 12.9. The average Bonchev–Trinajstić information content (AvgIpc) is 3.48. The lowest BCUT2D eigenvalue weighted by Crippen LogP contribution is -2.38. The summed E-state index contributed by atoms with van der Waals surface area (Å²) in [7, 11) is 1.43. The number of rotatable bonds is 5. The number of aromatic nitrogens is 1. The Morgan fingerprint density at radius 3 is 2.41 bits per heavy atom. The summed E-state index contributed by atoms with van der Waals surface area (Å²) in [5.41, 5.74) is 10.0. The van der Waals surface area contributed by atoms with Gasteiger partial charge in [0, 0.05) is 48.3 Å². The highest BCUT2D eigenvalue weighted by molar-refractivity contribution is 6.06. The summed E-state index contributed by atoms with van der Waals surface area (Å²) in [6, 6.07) is 9.83. The molecule has 5 N–H and O–H groups in total. The number of nitrogens with zero attached hydrogens (tertiary/aromatic N) is 1. The van der Waals surface area contributed by atoms with Gasteiger partial charge in [0.05, 0.1) is 23.7 Å². The van der Waals surface area contributed by atoms with Crippen molar-refractivity contribution in [1.29, 1.82) is 0 Å². The summed E-state index contributed by atoms with van der Waals surface area (Å²) in [6.45, 7) is 3.77. The quantitative estimate of drug-likeness (QED) is 0.298. The Morgan fingerprint density at radius 1 is 1.05 bits per heavy atom. The van der Waals surface area contributed by atoms with Crippen LogP contribution in [0.15, 0.2) is 36.4 Å². The number of alkyl halides is 2. The number of fused-ring (bicyclic) bond motifs is 3. The van der Waals surface area contributed by atoms with E-state index in [1.165, 1.54) is 38.4 Å². The number of carbonyl (C=O) groups excluding carboxylic acids is 3. The minimum absolute atomic E-state index is 0.0163. The molecule has 6 rings (SSSR count). The standard InChI is InChI=1S/C27H30FN3O2.C6H10F2N2O/c1-27(2)14-23-25(20-11-9-17(28)13-22(20)31(23)24(32)15-27)16-8-10-19(26(29)33)21(12-16)30-18-6-4-3-5-7-18;1-9-5(11)4-2-6(7,8)3-10-4/h8-13,18,30H,3-7,14-15H2,1-2H3,(H2,29,33);4,10H,2-3H2,1H3,(H,9,11)/t;4-/m.0/s1. The number of halogens is 3. The Labute approximate surface area is 254 Å². The van der Waals surface area contributed by atoms with Crippen LogP contribution < -0.4 is 21.7 Å². The van der Waals surface area contributed by atoms with Gasteiger partial charge in [-0.05, 0) is 60.6 Å². The van der Waals surface area contributed by atoms with Crippen LogP contribution >= 0.6 is 0 Å². The van der Waals surface area contributed by atoms with Crippen LogP contribution in [0.25, 0.3) is 22.0 Å². The van der Waals surface area contributed by atoms with Gasteiger partial charge >= 0.3 is 0 Å². The zero-order valence-electron chi connectivity index (χ0n) is 25.4. The third-order valence-corrected chi connectivity index (χ3v) is 8.76. The maximum absolute atomic E-state index is 14.2. The van der Waals surface area contributed by atoms with Gasteiger partial charge in [0.2, 0.25) is 11.8 Å². The van der Waals surface area contributed by atoms with Crippen molar-refractivity contribution in [1.82, 2.24) is 15.2 Å². The van der Waals surface area contributed by atoms with Crippen LogP contribution in [-0.4, -0.2) is 53.9 Å². The molecule has 2 amide bonds. The first-order valence-electron chi connectivity index (χ1n) is 15.2. The number of nitrogens with two attached hydrogens (primary N) is 1. The number of nitrogens with one attached hydrogen (secondary N) is 3. The number of amides is 2. The summed E-state index contributed by atoms with van der Waals surface area (Å²) in [4.78, 5) is 36.1. The molecule has 0 spiro atoms. The smallest absolute Gasteiger partial charge is 0.262 e. The highest BCUT2D eigenvalue weighted by Crippen LogP contribution is 2.43. The molecule has 1 atom stereocenters. The first-order valence-corrected chi connectivity index (χ1v) is 15.2. The van der Waals surface area contributed by atoms with E-state index < -0.39 is 30.8 Å². The van der Waals surface area contributed by atoms with Gasteiger partial charge in [0.25, 0.3) is 11.8 Å². The zero-order valence-corrected chi connectivity index (χ0v) is 25.4. The van der Waals surface area contributed by atoms with E-state index in [9.17, 15) is 27.6 Å². The predicted molar refractivity (Wildman–Crippen MR) is 164 cm³/mol. The second kappa shape index (κ2) is 12.3. The number of hydrogen-bond donors (Lipinski definition) is 4. The lowest BCUT2D eigenvalue weighted by Gasteiger charge is -2.30. The highest BCUT2D eigenvalue weighted by atomic mass is 19.3. The molecule has 1 saturated heterocycles. The van der Waals surface area contributed by atoms with E-state index >= 15 is 0 Å². The second-order valence-electron chi connectivity index (χ2n) is 12.9. The third-order valence-electron chi connectivity index (χ3n) is 8.76. The van der Waals surface area contributed by atoms with Crippen LogP contribution in [-0.2, 0) is 11.2 Å². The van der Waals surface area contributed by atoms with Crippen molar-refractivity contribution in [3.63, 3.8) is 0 Å². The van der Waals surface area contributed by atoms with Crippen molar-refractivity contribution in [3.05, 3.63) is 53.5 Å². The monoisotopic (exact) mass is 611 g/mol. The molecule has 1 aromatic heterocycles. The average molecular weight is 612 g/mol. The van der Waals surface area contributed by atoms with Gasteiger partial charge in [-0.1, -0.05) is 39.2 Å². The summed E-state index contributed by atoms with van der Waals surface area (Å²) in [6.07, 6.45) is 6.43. The summed E-state index contributed by atoms with van der Waals surface area (Å²) >= 11 is 0. The fraction of sp³-hybridized carbons (Fsp3) is 0.485. The Morgan fingerprint density at radius 2 is 1.77 bits per heavy atom. The van der Waals surface area contributed by atoms with Crippen LogP contribution in [0.2, 0.25) is 0 Å². The largest absolute Gasteiger partial charge is 0.382 e. The van der Waals surface area contributed by atoms with E-state index in [2.05, 4.69) is 29.8 Å². The molecule has 0 radical (unpaired) electrons. The molecule has 0 bridgehead atoms. The molecular formula is C33H40F3N5O3. The van der Waals surface area contributed by atoms with Gasteiger partial charge in [-0.2, -0.15) is 0 Å². The molecule has 8 nitrogen and oxygen atoms in total. The first kappa shape index (κ1) is 31.6. The molecule has 0 unspecified atom stereocenters. The summed E-state index contributed by atoms with van der Waals surface area (Å²) in [5, 5.41) is 9.15. The van der Waals surface area contributed by atoms with E-state index in [1.54, 1.807) is 16.7 Å². The van der Waals surface area contributed by atoms with E-state index in [4.69, 9.17) is 5.73 Å². The number of anilines is 1. The van der Waals surface area contributed by atoms with Crippen LogP contribution in [0, 0.1) is 11.2 Å². The minimum atomic E-state index is -2.73. The number of primary amides is 1. The van der Waals surface area contributed by atoms with Gasteiger partial charge in [0.15, 0.2) is 0 Å². The number of likely N-dealkylation sites (N-methyl/N-ethyl adjacent to an activating group) is 1. The van der Waals surface area contributed by atoms with Crippen molar-refractivity contribution in [3.8, 4) is 11.1 Å². The molecule has 3 aromatic rings. The fourth-order valence-corrected chi connectivity index (χ4v) is 6.67. The molecular weight excluding hydrogens is 571 g/mol. The van der Waals surface area contributed by atoms with Crippen molar-refractivity contribution in [2.75, 3.05) is 18.9 Å².